The smallest absolute Gasteiger partial charge is 0.107 e. The van der Waals surface area contributed by atoms with Crippen LogP contribution in [0.1, 0.15) is 22.7 Å². The molecular formula is C15H18N2S3. The maximum absolute atomic E-state index is 5.71. The monoisotopic (exact) mass is 322 g/mol. The van der Waals surface area contributed by atoms with Crippen molar-refractivity contribution in [3.8, 4) is 11.3 Å². The quantitative estimate of drug-likeness (QED) is 0.920. The van der Waals surface area contributed by atoms with E-state index in [1.54, 1.807) is 11.3 Å². The molecule has 2 heterocycles. The standard InChI is InChI=1S/C15H18N2S3/c1-10-14(19-6-5-18-10)15-17-13(9-20-15)12-4-2-3-11(7-12)8-16/h2-4,7,9-10,14H,5-6,8,16H2,1H3. The Hall–Kier alpha value is -0.490. The highest BCUT2D eigenvalue weighted by molar-refractivity contribution is 8.06. The molecule has 0 saturated carbocycles. The van der Waals surface area contributed by atoms with Gasteiger partial charge in [-0.15, -0.1) is 23.1 Å². The fourth-order valence-electron chi connectivity index (χ4n) is 2.31. The van der Waals surface area contributed by atoms with Crippen LogP contribution in [0.3, 0.4) is 0 Å². The van der Waals surface area contributed by atoms with E-state index in [0.717, 1.165) is 11.3 Å². The number of benzene rings is 1. The zero-order chi connectivity index (χ0) is 13.9. The van der Waals surface area contributed by atoms with E-state index in [1.807, 2.05) is 11.8 Å². The second-order valence-electron chi connectivity index (χ2n) is 4.84. The summed E-state index contributed by atoms with van der Waals surface area (Å²) in [4.78, 5) is 4.87. The Morgan fingerprint density at radius 1 is 1.30 bits per heavy atom. The Balaban J connectivity index is 1.85. The molecule has 5 heteroatoms. The Bertz CT molecular complexity index is 582. The van der Waals surface area contributed by atoms with Gasteiger partial charge < -0.3 is 5.73 Å². The Labute approximate surface area is 132 Å². The van der Waals surface area contributed by atoms with Crippen LogP contribution in [-0.4, -0.2) is 21.7 Å². The fourth-order valence-corrected chi connectivity index (χ4v) is 6.32. The molecule has 0 amide bonds. The van der Waals surface area contributed by atoms with Gasteiger partial charge in [-0.2, -0.15) is 11.8 Å². The summed E-state index contributed by atoms with van der Waals surface area (Å²) in [6, 6.07) is 8.38. The summed E-state index contributed by atoms with van der Waals surface area (Å²) >= 11 is 5.90. The second-order valence-corrected chi connectivity index (χ2v) is 8.47. The van der Waals surface area contributed by atoms with E-state index < -0.39 is 0 Å². The first-order valence-corrected chi connectivity index (χ1v) is 9.73. The average molecular weight is 323 g/mol. The molecule has 1 aliphatic rings. The van der Waals surface area contributed by atoms with Gasteiger partial charge in [0, 0.05) is 34.2 Å². The van der Waals surface area contributed by atoms with Crippen molar-refractivity contribution in [1.82, 2.24) is 4.98 Å². The van der Waals surface area contributed by atoms with Gasteiger partial charge >= 0.3 is 0 Å². The molecule has 2 atom stereocenters. The van der Waals surface area contributed by atoms with Gasteiger partial charge in [0.15, 0.2) is 0 Å². The predicted molar refractivity (Wildman–Crippen MR) is 92.6 cm³/mol. The first kappa shape index (κ1) is 14.4. The van der Waals surface area contributed by atoms with Crippen molar-refractivity contribution in [2.75, 3.05) is 11.5 Å². The Kier molecular flexibility index (Phi) is 4.71. The van der Waals surface area contributed by atoms with E-state index in [4.69, 9.17) is 10.7 Å². The van der Waals surface area contributed by atoms with Crippen LogP contribution in [-0.2, 0) is 6.54 Å². The highest BCUT2D eigenvalue weighted by atomic mass is 32.2. The summed E-state index contributed by atoms with van der Waals surface area (Å²) < 4.78 is 0. The largest absolute Gasteiger partial charge is 0.326 e. The number of nitrogens with two attached hydrogens (primary N) is 1. The molecule has 2 aromatic rings. The van der Waals surface area contributed by atoms with Crippen LogP contribution in [0.25, 0.3) is 11.3 Å². The maximum Gasteiger partial charge on any atom is 0.107 e. The molecule has 2 unspecified atom stereocenters. The third-order valence-corrected chi connectivity index (χ3v) is 7.59. The van der Waals surface area contributed by atoms with Crippen molar-refractivity contribution in [2.24, 2.45) is 5.73 Å². The van der Waals surface area contributed by atoms with Crippen molar-refractivity contribution in [1.29, 1.82) is 0 Å². The van der Waals surface area contributed by atoms with E-state index in [-0.39, 0.29) is 0 Å². The molecule has 1 aliphatic heterocycles. The van der Waals surface area contributed by atoms with E-state index in [9.17, 15) is 0 Å². The second kappa shape index (κ2) is 6.52. The highest BCUT2D eigenvalue weighted by Crippen LogP contribution is 2.44. The Morgan fingerprint density at radius 3 is 2.95 bits per heavy atom. The number of aromatic nitrogens is 1. The summed E-state index contributed by atoms with van der Waals surface area (Å²) in [5.41, 5.74) is 9.14. The number of thioether (sulfide) groups is 2. The summed E-state index contributed by atoms with van der Waals surface area (Å²) in [7, 11) is 0. The van der Waals surface area contributed by atoms with Gasteiger partial charge in [-0.1, -0.05) is 25.1 Å². The molecule has 1 aromatic carbocycles. The van der Waals surface area contributed by atoms with E-state index in [0.29, 0.717) is 17.0 Å². The number of thiazole rings is 1. The summed E-state index contributed by atoms with van der Waals surface area (Å²) in [6.45, 7) is 2.90. The zero-order valence-corrected chi connectivity index (χ0v) is 13.9. The van der Waals surface area contributed by atoms with Crippen molar-refractivity contribution >= 4 is 34.9 Å². The van der Waals surface area contributed by atoms with Gasteiger partial charge in [-0.05, 0) is 11.6 Å². The van der Waals surface area contributed by atoms with Crippen molar-refractivity contribution in [3.63, 3.8) is 0 Å². The molecule has 1 saturated heterocycles. The predicted octanol–water partition coefficient (Wildman–Crippen LogP) is 4.18. The first-order valence-electron chi connectivity index (χ1n) is 6.76. The van der Waals surface area contributed by atoms with Crippen LogP contribution in [0.4, 0.5) is 0 Å². The van der Waals surface area contributed by atoms with Gasteiger partial charge in [-0.25, -0.2) is 4.98 Å². The van der Waals surface area contributed by atoms with E-state index >= 15 is 0 Å². The lowest BCUT2D eigenvalue weighted by Crippen LogP contribution is -2.15. The molecule has 20 heavy (non-hydrogen) atoms. The molecule has 3 rings (SSSR count). The Morgan fingerprint density at radius 2 is 2.15 bits per heavy atom. The number of hydrogen-bond acceptors (Lipinski definition) is 5. The third-order valence-electron chi connectivity index (χ3n) is 3.41. The molecule has 1 aromatic heterocycles. The van der Waals surface area contributed by atoms with Crippen molar-refractivity contribution in [3.05, 3.63) is 40.2 Å². The summed E-state index contributed by atoms with van der Waals surface area (Å²) in [6.07, 6.45) is 0. The van der Waals surface area contributed by atoms with Gasteiger partial charge in [0.25, 0.3) is 0 Å². The normalized spacial score (nSPS) is 22.9. The van der Waals surface area contributed by atoms with Crippen LogP contribution in [0.5, 0.6) is 0 Å². The maximum atomic E-state index is 5.71. The summed E-state index contributed by atoms with van der Waals surface area (Å²) in [5.74, 6) is 2.50. The summed E-state index contributed by atoms with van der Waals surface area (Å²) in [5, 5.41) is 4.65. The van der Waals surface area contributed by atoms with Crippen LogP contribution in [0, 0.1) is 0 Å². The van der Waals surface area contributed by atoms with E-state index in [2.05, 4.69) is 48.3 Å². The van der Waals surface area contributed by atoms with Gasteiger partial charge in [0.05, 0.1) is 10.9 Å². The lowest BCUT2D eigenvalue weighted by molar-refractivity contribution is 0.896. The molecule has 2 N–H and O–H groups in total. The van der Waals surface area contributed by atoms with Crippen molar-refractivity contribution in [2.45, 2.75) is 24.0 Å². The number of nitrogens with zero attached hydrogens (tertiary/aromatic N) is 1. The fraction of sp³-hybridized carbons (Fsp3) is 0.400. The minimum atomic E-state index is 0.546. The van der Waals surface area contributed by atoms with Crippen LogP contribution >= 0.6 is 34.9 Å². The van der Waals surface area contributed by atoms with Gasteiger partial charge in [-0.3, -0.25) is 0 Å². The van der Waals surface area contributed by atoms with Crippen LogP contribution in [0.2, 0.25) is 0 Å². The molecule has 0 spiro atoms. The van der Waals surface area contributed by atoms with Gasteiger partial charge in [0.2, 0.25) is 0 Å². The molecule has 0 aliphatic carbocycles. The highest BCUT2D eigenvalue weighted by Gasteiger charge is 2.26. The van der Waals surface area contributed by atoms with Crippen LogP contribution in [0.15, 0.2) is 29.6 Å². The molecule has 1 fully saturated rings. The molecule has 2 nitrogen and oxygen atoms in total. The third kappa shape index (κ3) is 3.06. The number of rotatable bonds is 3. The molecule has 106 valence electrons. The SMILES string of the molecule is CC1SCCSC1c1nc(-c2cccc(CN)c2)cs1. The first-order chi connectivity index (χ1) is 9.78. The van der Waals surface area contributed by atoms with Crippen molar-refractivity contribution < 1.29 is 0 Å². The zero-order valence-electron chi connectivity index (χ0n) is 11.4. The van der Waals surface area contributed by atoms with E-state index in [1.165, 1.54) is 22.1 Å². The topological polar surface area (TPSA) is 38.9 Å². The minimum absolute atomic E-state index is 0.546. The molecular weight excluding hydrogens is 304 g/mol. The average Bonchev–Trinajstić information content (AvgIpc) is 2.97. The molecule has 0 radical (unpaired) electrons. The van der Waals surface area contributed by atoms with Gasteiger partial charge in [0.1, 0.15) is 5.01 Å². The minimum Gasteiger partial charge on any atom is -0.326 e. The molecule has 0 bridgehead atoms. The lowest BCUT2D eigenvalue weighted by atomic mass is 10.1. The van der Waals surface area contributed by atoms with Crippen LogP contribution < -0.4 is 5.73 Å². The number of hydrogen-bond donors (Lipinski definition) is 1. The lowest BCUT2D eigenvalue weighted by Gasteiger charge is -2.25.